The van der Waals surface area contributed by atoms with Gasteiger partial charge in [0.1, 0.15) is 0 Å². The van der Waals surface area contributed by atoms with Crippen molar-refractivity contribution in [1.29, 1.82) is 5.26 Å². The average molecular weight is 229 g/mol. The van der Waals surface area contributed by atoms with Crippen molar-refractivity contribution in [3.05, 3.63) is 30.1 Å². The summed E-state index contributed by atoms with van der Waals surface area (Å²) in [5.74, 6) is 0. The van der Waals surface area contributed by atoms with Gasteiger partial charge in [0.05, 0.1) is 6.07 Å². The van der Waals surface area contributed by atoms with Crippen LogP contribution in [0, 0.1) is 16.7 Å². The van der Waals surface area contributed by atoms with E-state index in [4.69, 9.17) is 5.26 Å². The first kappa shape index (κ1) is 12.1. The fourth-order valence-electron chi connectivity index (χ4n) is 2.24. The van der Waals surface area contributed by atoms with Crippen molar-refractivity contribution in [3.8, 4) is 6.07 Å². The van der Waals surface area contributed by atoms with Gasteiger partial charge in [-0.3, -0.25) is 4.98 Å². The van der Waals surface area contributed by atoms with Crippen LogP contribution < -0.4 is 0 Å². The van der Waals surface area contributed by atoms with Gasteiger partial charge in [-0.25, -0.2) is 0 Å². The fraction of sp³-hybridized carbons (Fsp3) is 0.571. The maximum Gasteiger partial charge on any atom is 0.0628 e. The molecule has 0 aromatic carbocycles. The summed E-state index contributed by atoms with van der Waals surface area (Å²) in [5.41, 5.74) is 1.46. The van der Waals surface area contributed by atoms with Gasteiger partial charge in [0.25, 0.3) is 0 Å². The summed E-state index contributed by atoms with van der Waals surface area (Å²) in [6.07, 6.45) is 5.97. The Labute approximate surface area is 103 Å². The van der Waals surface area contributed by atoms with E-state index in [1.165, 1.54) is 12.8 Å². The third kappa shape index (κ3) is 3.54. The van der Waals surface area contributed by atoms with E-state index >= 15 is 0 Å². The molecule has 1 aromatic heterocycles. The predicted molar refractivity (Wildman–Crippen MR) is 67.3 cm³/mol. The second kappa shape index (κ2) is 5.29. The Hall–Kier alpha value is -1.40. The Bertz CT molecular complexity index is 390. The molecule has 0 saturated heterocycles. The second-order valence-corrected chi connectivity index (χ2v) is 5.14. The van der Waals surface area contributed by atoms with Crippen molar-refractivity contribution < 1.29 is 0 Å². The molecule has 1 heterocycles. The average Bonchev–Trinajstić information content (AvgIpc) is 3.08. The summed E-state index contributed by atoms with van der Waals surface area (Å²) in [6.45, 7) is 2.07. The van der Waals surface area contributed by atoms with Gasteiger partial charge in [0.2, 0.25) is 0 Å². The minimum Gasteiger partial charge on any atom is -0.305 e. The van der Waals surface area contributed by atoms with Gasteiger partial charge in [-0.05, 0) is 37.4 Å². The normalized spacial score (nSPS) is 16.8. The van der Waals surface area contributed by atoms with Gasteiger partial charge in [0.15, 0.2) is 0 Å². The van der Waals surface area contributed by atoms with Crippen LogP contribution in [0.1, 0.15) is 25.0 Å². The van der Waals surface area contributed by atoms with Gasteiger partial charge in [0, 0.05) is 37.8 Å². The molecule has 0 spiro atoms. The molecule has 3 heteroatoms. The first-order valence-electron chi connectivity index (χ1n) is 6.20. The molecule has 0 unspecified atom stereocenters. The van der Waals surface area contributed by atoms with E-state index in [2.05, 4.69) is 29.1 Å². The van der Waals surface area contributed by atoms with E-state index in [-0.39, 0.29) is 0 Å². The van der Waals surface area contributed by atoms with E-state index in [0.29, 0.717) is 11.8 Å². The van der Waals surface area contributed by atoms with Gasteiger partial charge < -0.3 is 4.90 Å². The smallest absolute Gasteiger partial charge is 0.0628 e. The fourth-order valence-corrected chi connectivity index (χ4v) is 2.24. The van der Waals surface area contributed by atoms with Crippen molar-refractivity contribution in [2.75, 3.05) is 20.1 Å². The molecular weight excluding hydrogens is 210 g/mol. The SMILES string of the molecule is CN(CCc1ccccn1)CC1(CC#N)CC1. The minimum absolute atomic E-state index is 0.313. The van der Waals surface area contributed by atoms with Crippen molar-refractivity contribution in [2.45, 2.75) is 25.7 Å². The van der Waals surface area contributed by atoms with Gasteiger partial charge in [-0.2, -0.15) is 5.26 Å². The summed E-state index contributed by atoms with van der Waals surface area (Å²) in [4.78, 5) is 6.65. The van der Waals surface area contributed by atoms with Crippen molar-refractivity contribution in [1.82, 2.24) is 9.88 Å². The number of hydrogen-bond acceptors (Lipinski definition) is 3. The first-order valence-corrected chi connectivity index (χ1v) is 6.20. The first-order chi connectivity index (χ1) is 8.24. The largest absolute Gasteiger partial charge is 0.305 e. The number of hydrogen-bond donors (Lipinski definition) is 0. The highest BCUT2D eigenvalue weighted by Gasteiger charge is 2.42. The van der Waals surface area contributed by atoms with Gasteiger partial charge >= 0.3 is 0 Å². The van der Waals surface area contributed by atoms with Crippen LogP contribution in [0.5, 0.6) is 0 Å². The lowest BCUT2D eigenvalue weighted by Crippen LogP contribution is -2.28. The van der Waals surface area contributed by atoms with Gasteiger partial charge in [-0.1, -0.05) is 6.07 Å². The summed E-state index contributed by atoms with van der Waals surface area (Å²) >= 11 is 0. The van der Waals surface area contributed by atoms with E-state index in [1.54, 1.807) is 0 Å². The highest BCUT2D eigenvalue weighted by molar-refractivity contribution is 5.04. The molecule has 0 aliphatic heterocycles. The Morgan fingerprint density at radius 3 is 2.88 bits per heavy atom. The topological polar surface area (TPSA) is 39.9 Å². The van der Waals surface area contributed by atoms with E-state index in [9.17, 15) is 0 Å². The molecular formula is C14H19N3. The lowest BCUT2D eigenvalue weighted by Gasteiger charge is -2.21. The zero-order valence-corrected chi connectivity index (χ0v) is 10.4. The maximum absolute atomic E-state index is 8.78. The molecule has 1 aromatic rings. The molecule has 0 bridgehead atoms. The molecule has 0 amide bonds. The quantitative estimate of drug-likeness (QED) is 0.751. The lowest BCUT2D eigenvalue weighted by molar-refractivity contribution is 0.267. The third-order valence-electron chi connectivity index (χ3n) is 3.49. The third-order valence-corrected chi connectivity index (χ3v) is 3.49. The highest BCUT2D eigenvalue weighted by atomic mass is 15.1. The molecule has 1 saturated carbocycles. The molecule has 17 heavy (non-hydrogen) atoms. The number of pyridine rings is 1. The number of rotatable bonds is 6. The highest BCUT2D eigenvalue weighted by Crippen LogP contribution is 2.48. The van der Waals surface area contributed by atoms with Crippen molar-refractivity contribution in [3.63, 3.8) is 0 Å². The number of likely N-dealkylation sites (N-methyl/N-ethyl adjacent to an activating group) is 1. The van der Waals surface area contributed by atoms with Crippen LogP contribution in [-0.4, -0.2) is 30.0 Å². The molecule has 1 aliphatic rings. The molecule has 0 radical (unpaired) electrons. The van der Waals surface area contributed by atoms with Crippen LogP contribution in [0.15, 0.2) is 24.4 Å². The molecule has 0 atom stereocenters. The molecule has 90 valence electrons. The Kier molecular flexibility index (Phi) is 3.75. The molecule has 1 aliphatic carbocycles. The van der Waals surface area contributed by atoms with Crippen LogP contribution in [0.3, 0.4) is 0 Å². The zero-order chi connectivity index (χ0) is 12.1. The van der Waals surface area contributed by atoms with Crippen molar-refractivity contribution >= 4 is 0 Å². The maximum atomic E-state index is 8.78. The van der Waals surface area contributed by atoms with Crippen LogP contribution >= 0.6 is 0 Å². The second-order valence-electron chi connectivity index (χ2n) is 5.14. The monoisotopic (exact) mass is 229 g/mol. The molecule has 1 fully saturated rings. The number of nitriles is 1. The standard InChI is InChI=1S/C14H19N3/c1-17(12-14(6-7-14)8-9-15)11-5-13-4-2-3-10-16-13/h2-4,10H,5-8,11-12H2,1H3. The van der Waals surface area contributed by atoms with E-state index in [0.717, 1.165) is 25.2 Å². The Morgan fingerprint density at radius 1 is 1.47 bits per heavy atom. The summed E-state index contributed by atoms with van der Waals surface area (Å²) in [5, 5.41) is 8.78. The zero-order valence-electron chi connectivity index (χ0n) is 10.4. The van der Waals surface area contributed by atoms with Crippen molar-refractivity contribution in [2.24, 2.45) is 5.41 Å². The minimum atomic E-state index is 0.313. The summed E-state index contributed by atoms with van der Waals surface area (Å²) < 4.78 is 0. The van der Waals surface area contributed by atoms with Crippen LogP contribution in [-0.2, 0) is 6.42 Å². The van der Waals surface area contributed by atoms with E-state index < -0.39 is 0 Å². The van der Waals surface area contributed by atoms with Crippen LogP contribution in [0.4, 0.5) is 0 Å². The number of nitrogens with zero attached hydrogens (tertiary/aromatic N) is 3. The number of aromatic nitrogens is 1. The summed E-state index contributed by atoms with van der Waals surface area (Å²) in [7, 11) is 2.14. The predicted octanol–water partition coefficient (Wildman–Crippen LogP) is 2.25. The lowest BCUT2D eigenvalue weighted by atomic mass is 10.0. The van der Waals surface area contributed by atoms with E-state index in [1.807, 2.05) is 18.3 Å². The van der Waals surface area contributed by atoms with Crippen LogP contribution in [0.2, 0.25) is 0 Å². The van der Waals surface area contributed by atoms with Crippen LogP contribution in [0.25, 0.3) is 0 Å². The van der Waals surface area contributed by atoms with Gasteiger partial charge in [-0.15, -0.1) is 0 Å². The molecule has 2 rings (SSSR count). The molecule has 3 nitrogen and oxygen atoms in total. The Balaban J connectivity index is 1.75. The summed E-state index contributed by atoms with van der Waals surface area (Å²) in [6, 6.07) is 8.35. The Morgan fingerprint density at radius 2 is 2.29 bits per heavy atom. The molecule has 0 N–H and O–H groups in total.